The summed E-state index contributed by atoms with van der Waals surface area (Å²) in [6.07, 6.45) is 8.15. The van der Waals surface area contributed by atoms with Crippen LogP contribution in [-0.4, -0.2) is 12.6 Å². The first-order valence-electron chi connectivity index (χ1n) is 7.98. The number of hydrogen-bond donors (Lipinski definition) is 1. The summed E-state index contributed by atoms with van der Waals surface area (Å²) in [7, 11) is 0. The zero-order valence-corrected chi connectivity index (χ0v) is 12.8. The minimum absolute atomic E-state index is 0.673. The van der Waals surface area contributed by atoms with Crippen LogP contribution < -0.4 is 5.32 Å². The number of hydrogen-bond acceptors (Lipinski definition) is 1. The first-order chi connectivity index (χ1) is 9.19. The third kappa shape index (κ3) is 4.35. The van der Waals surface area contributed by atoms with E-state index in [9.17, 15) is 0 Å². The molecule has 1 unspecified atom stereocenters. The molecule has 0 bridgehead atoms. The summed E-state index contributed by atoms with van der Waals surface area (Å²) >= 11 is 0. The van der Waals surface area contributed by atoms with Gasteiger partial charge in [-0.3, -0.25) is 0 Å². The monoisotopic (exact) mass is 259 g/mol. The Balaban J connectivity index is 1.94. The molecule has 0 saturated heterocycles. The lowest BCUT2D eigenvalue weighted by Gasteiger charge is -2.30. The molecule has 1 aliphatic rings. The highest BCUT2D eigenvalue weighted by Gasteiger charge is 2.21. The van der Waals surface area contributed by atoms with Gasteiger partial charge in [0.25, 0.3) is 0 Å². The fourth-order valence-corrected chi connectivity index (χ4v) is 2.93. The van der Waals surface area contributed by atoms with Gasteiger partial charge in [0.05, 0.1) is 0 Å². The van der Waals surface area contributed by atoms with Crippen molar-refractivity contribution in [1.82, 2.24) is 5.32 Å². The van der Waals surface area contributed by atoms with Crippen molar-refractivity contribution < 1.29 is 0 Å². The predicted molar refractivity (Wildman–Crippen MR) is 83.7 cm³/mol. The molecule has 106 valence electrons. The van der Waals surface area contributed by atoms with Crippen LogP contribution in [0.5, 0.6) is 0 Å². The molecular formula is C18H29N. The fraction of sp³-hybridized carbons (Fsp3) is 0.667. The van der Waals surface area contributed by atoms with Gasteiger partial charge in [-0.15, -0.1) is 0 Å². The largest absolute Gasteiger partial charge is 0.314 e. The summed E-state index contributed by atoms with van der Waals surface area (Å²) in [6, 6.07) is 7.62. The molecule has 0 spiro atoms. The van der Waals surface area contributed by atoms with Crippen LogP contribution in [0.3, 0.4) is 0 Å². The van der Waals surface area contributed by atoms with Crippen molar-refractivity contribution in [1.29, 1.82) is 0 Å². The fourth-order valence-electron chi connectivity index (χ4n) is 2.93. The highest BCUT2D eigenvalue weighted by molar-refractivity contribution is 5.30. The lowest BCUT2D eigenvalue weighted by molar-refractivity contribution is 0.259. The summed E-state index contributed by atoms with van der Waals surface area (Å²) in [4.78, 5) is 0. The molecule has 1 N–H and O–H groups in total. The Kier molecular flexibility index (Phi) is 5.45. The number of rotatable bonds is 7. The van der Waals surface area contributed by atoms with Gasteiger partial charge in [0.1, 0.15) is 0 Å². The number of nitrogens with one attached hydrogen (secondary N) is 1. The molecule has 0 amide bonds. The molecular weight excluding hydrogens is 230 g/mol. The van der Waals surface area contributed by atoms with E-state index in [2.05, 4.69) is 44.3 Å². The average Bonchev–Trinajstić information content (AvgIpc) is 2.35. The molecule has 0 aromatic heterocycles. The Morgan fingerprint density at radius 1 is 1.21 bits per heavy atom. The average molecular weight is 259 g/mol. The van der Waals surface area contributed by atoms with Crippen LogP contribution in [0.15, 0.2) is 18.2 Å². The molecule has 19 heavy (non-hydrogen) atoms. The highest BCUT2D eigenvalue weighted by Crippen LogP contribution is 2.31. The van der Waals surface area contributed by atoms with Gasteiger partial charge >= 0.3 is 0 Å². The van der Waals surface area contributed by atoms with Crippen molar-refractivity contribution in [3.8, 4) is 0 Å². The van der Waals surface area contributed by atoms with Crippen LogP contribution in [0, 0.1) is 19.8 Å². The Morgan fingerprint density at radius 2 is 2.00 bits per heavy atom. The SMILES string of the molecule is CCCNC(Cc1ccc(C)c(C)c1)CC1CCC1. The van der Waals surface area contributed by atoms with Crippen LogP contribution in [-0.2, 0) is 6.42 Å². The van der Waals surface area contributed by atoms with E-state index in [-0.39, 0.29) is 0 Å². The maximum atomic E-state index is 3.75. The topological polar surface area (TPSA) is 12.0 Å². The molecule has 0 aliphatic heterocycles. The molecule has 1 saturated carbocycles. The molecule has 1 nitrogen and oxygen atoms in total. The minimum atomic E-state index is 0.673. The van der Waals surface area contributed by atoms with Crippen molar-refractivity contribution >= 4 is 0 Å². The maximum absolute atomic E-state index is 3.75. The third-order valence-corrected chi connectivity index (χ3v) is 4.58. The molecule has 1 aromatic carbocycles. The minimum Gasteiger partial charge on any atom is -0.314 e. The first kappa shape index (κ1) is 14.6. The van der Waals surface area contributed by atoms with E-state index >= 15 is 0 Å². The van der Waals surface area contributed by atoms with Crippen LogP contribution in [0.4, 0.5) is 0 Å². The van der Waals surface area contributed by atoms with Gasteiger partial charge in [0.15, 0.2) is 0 Å². The molecule has 0 heterocycles. The predicted octanol–water partition coefficient (Wildman–Crippen LogP) is 4.40. The van der Waals surface area contributed by atoms with E-state index < -0.39 is 0 Å². The molecule has 0 radical (unpaired) electrons. The lowest BCUT2D eigenvalue weighted by atomic mass is 9.79. The molecule has 1 heteroatoms. The molecule has 1 aliphatic carbocycles. The first-order valence-corrected chi connectivity index (χ1v) is 7.98. The van der Waals surface area contributed by atoms with Gasteiger partial charge in [-0.2, -0.15) is 0 Å². The van der Waals surface area contributed by atoms with Gasteiger partial charge in [-0.25, -0.2) is 0 Å². The zero-order chi connectivity index (χ0) is 13.7. The number of benzene rings is 1. The molecule has 1 aromatic rings. The Hall–Kier alpha value is -0.820. The third-order valence-electron chi connectivity index (χ3n) is 4.58. The van der Waals surface area contributed by atoms with Crippen molar-refractivity contribution in [2.24, 2.45) is 5.92 Å². The second-order valence-electron chi connectivity index (χ2n) is 6.31. The molecule has 2 rings (SSSR count). The maximum Gasteiger partial charge on any atom is 0.0110 e. The van der Waals surface area contributed by atoms with Gasteiger partial charge in [0, 0.05) is 6.04 Å². The highest BCUT2D eigenvalue weighted by atomic mass is 14.9. The van der Waals surface area contributed by atoms with Crippen LogP contribution >= 0.6 is 0 Å². The van der Waals surface area contributed by atoms with Crippen LogP contribution in [0.2, 0.25) is 0 Å². The summed E-state index contributed by atoms with van der Waals surface area (Å²) in [5.74, 6) is 0.987. The summed E-state index contributed by atoms with van der Waals surface area (Å²) < 4.78 is 0. The molecule has 1 atom stereocenters. The van der Waals surface area contributed by atoms with E-state index in [0.717, 1.165) is 12.5 Å². The Bertz CT molecular complexity index is 393. The summed E-state index contributed by atoms with van der Waals surface area (Å²) in [5.41, 5.74) is 4.33. The summed E-state index contributed by atoms with van der Waals surface area (Å²) in [5, 5.41) is 3.75. The standard InChI is InChI=1S/C18H29N/c1-4-10-19-18(12-16-6-5-7-16)13-17-9-8-14(2)15(3)11-17/h8-9,11,16,18-19H,4-7,10,12-13H2,1-3H3. The van der Waals surface area contributed by atoms with E-state index in [0.29, 0.717) is 6.04 Å². The number of aryl methyl sites for hydroxylation is 2. The van der Waals surface area contributed by atoms with Crippen molar-refractivity contribution in [2.45, 2.75) is 65.3 Å². The van der Waals surface area contributed by atoms with Crippen molar-refractivity contribution in [2.75, 3.05) is 6.54 Å². The lowest BCUT2D eigenvalue weighted by Crippen LogP contribution is -2.35. The Labute approximate surface area is 118 Å². The molecule has 1 fully saturated rings. The second kappa shape index (κ2) is 7.09. The quantitative estimate of drug-likeness (QED) is 0.765. The van der Waals surface area contributed by atoms with E-state index in [1.807, 2.05) is 0 Å². The van der Waals surface area contributed by atoms with E-state index in [1.165, 1.54) is 55.2 Å². The van der Waals surface area contributed by atoms with Gasteiger partial charge in [-0.1, -0.05) is 44.4 Å². The van der Waals surface area contributed by atoms with Gasteiger partial charge < -0.3 is 5.32 Å². The van der Waals surface area contributed by atoms with E-state index in [1.54, 1.807) is 0 Å². The smallest absolute Gasteiger partial charge is 0.0110 e. The second-order valence-corrected chi connectivity index (χ2v) is 6.31. The van der Waals surface area contributed by atoms with Crippen LogP contribution in [0.1, 0.15) is 55.7 Å². The summed E-state index contributed by atoms with van der Waals surface area (Å²) in [6.45, 7) is 7.82. The van der Waals surface area contributed by atoms with Gasteiger partial charge in [-0.05, 0) is 62.3 Å². The van der Waals surface area contributed by atoms with Crippen LogP contribution in [0.25, 0.3) is 0 Å². The zero-order valence-electron chi connectivity index (χ0n) is 12.8. The van der Waals surface area contributed by atoms with Crippen molar-refractivity contribution in [3.05, 3.63) is 34.9 Å². The normalized spacial score (nSPS) is 17.2. The van der Waals surface area contributed by atoms with Crippen molar-refractivity contribution in [3.63, 3.8) is 0 Å². The Morgan fingerprint density at radius 3 is 2.58 bits per heavy atom. The van der Waals surface area contributed by atoms with E-state index in [4.69, 9.17) is 0 Å². The van der Waals surface area contributed by atoms with Gasteiger partial charge in [0.2, 0.25) is 0 Å².